The van der Waals surface area contributed by atoms with E-state index in [2.05, 4.69) is 5.10 Å². The number of carboxylic acid groups (broad SMARTS) is 1. The third kappa shape index (κ3) is 2.02. The highest BCUT2D eigenvalue weighted by Crippen LogP contribution is 2.34. The van der Waals surface area contributed by atoms with Gasteiger partial charge < -0.3 is 5.11 Å². The lowest BCUT2D eigenvalue weighted by molar-refractivity contribution is -0.145. The van der Waals surface area contributed by atoms with Crippen molar-refractivity contribution >= 4 is 5.97 Å². The van der Waals surface area contributed by atoms with Gasteiger partial charge in [-0.3, -0.25) is 4.68 Å². The second kappa shape index (κ2) is 3.80. The normalized spacial score (nSPS) is 12.2. The molecule has 0 radical (unpaired) electrons. The van der Waals surface area contributed by atoms with E-state index in [1.54, 1.807) is 0 Å². The van der Waals surface area contributed by atoms with Crippen molar-refractivity contribution in [2.45, 2.75) is 33.0 Å². The molecule has 0 atom stereocenters. The summed E-state index contributed by atoms with van der Waals surface area (Å²) >= 11 is 0. The van der Waals surface area contributed by atoms with Crippen LogP contribution in [0.25, 0.3) is 0 Å². The second-order valence-electron chi connectivity index (χ2n) is 3.65. The molecule has 90 valence electrons. The summed E-state index contributed by atoms with van der Waals surface area (Å²) in [6, 6.07) is -0.552. The second-order valence-corrected chi connectivity index (χ2v) is 3.65. The van der Waals surface area contributed by atoms with E-state index in [1.165, 1.54) is 20.8 Å². The summed E-state index contributed by atoms with van der Waals surface area (Å²) in [5, 5.41) is 12.4. The van der Waals surface area contributed by atoms with Crippen LogP contribution in [0.5, 0.6) is 0 Å². The van der Waals surface area contributed by atoms with Crippen LogP contribution in [0, 0.1) is 6.92 Å². The van der Waals surface area contributed by atoms with E-state index >= 15 is 0 Å². The molecule has 0 saturated heterocycles. The summed E-state index contributed by atoms with van der Waals surface area (Å²) in [6.07, 6.45) is -4.72. The Labute approximate surface area is 89.7 Å². The molecule has 0 aliphatic rings. The number of carboxylic acids is 1. The molecule has 1 rings (SSSR count). The molecular weight excluding hydrogens is 225 g/mol. The molecular formula is C9H11F3N2O2. The minimum Gasteiger partial charge on any atom is -0.478 e. The van der Waals surface area contributed by atoms with E-state index < -0.39 is 29.4 Å². The zero-order valence-electron chi connectivity index (χ0n) is 8.96. The Hall–Kier alpha value is -1.53. The van der Waals surface area contributed by atoms with Gasteiger partial charge in [-0.15, -0.1) is 0 Å². The number of rotatable bonds is 2. The van der Waals surface area contributed by atoms with E-state index in [9.17, 15) is 18.0 Å². The first kappa shape index (κ1) is 12.5. The number of nitrogens with zero attached hydrogens (tertiary/aromatic N) is 2. The van der Waals surface area contributed by atoms with Crippen molar-refractivity contribution in [2.75, 3.05) is 0 Å². The molecule has 4 nitrogen and oxygen atoms in total. The van der Waals surface area contributed by atoms with Crippen molar-refractivity contribution in [1.29, 1.82) is 0 Å². The Balaban J connectivity index is 3.56. The van der Waals surface area contributed by atoms with Crippen LogP contribution >= 0.6 is 0 Å². The van der Waals surface area contributed by atoms with Crippen molar-refractivity contribution in [3.8, 4) is 0 Å². The van der Waals surface area contributed by atoms with Gasteiger partial charge in [0.05, 0.1) is 5.69 Å². The molecule has 0 aromatic carbocycles. The highest BCUT2D eigenvalue weighted by atomic mass is 19.4. The fourth-order valence-electron chi connectivity index (χ4n) is 1.45. The van der Waals surface area contributed by atoms with Crippen LogP contribution in [0.1, 0.15) is 41.6 Å². The zero-order valence-corrected chi connectivity index (χ0v) is 8.96. The topological polar surface area (TPSA) is 55.1 Å². The average molecular weight is 236 g/mol. The third-order valence-corrected chi connectivity index (χ3v) is 2.06. The molecule has 7 heteroatoms. The Kier molecular flexibility index (Phi) is 2.98. The third-order valence-electron chi connectivity index (χ3n) is 2.06. The van der Waals surface area contributed by atoms with Crippen molar-refractivity contribution < 1.29 is 23.1 Å². The SMILES string of the molecule is Cc1nn(C(C)C)c(C(F)(F)F)c1C(=O)O. The van der Waals surface area contributed by atoms with Crippen molar-refractivity contribution in [2.24, 2.45) is 0 Å². The standard InChI is InChI=1S/C9H11F3N2O2/c1-4(2)14-7(9(10,11)12)6(8(15)16)5(3)13-14/h4H,1-3H3,(H,15,16). The Morgan fingerprint density at radius 1 is 1.44 bits per heavy atom. The number of halogens is 3. The van der Waals surface area contributed by atoms with Gasteiger partial charge in [-0.1, -0.05) is 0 Å². The number of alkyl halides is 3. The maximum atomic E-state index is 12.7. The molecule has 1 aromatic heterocycles. The predicted molar refractivity (Wildman–Crippen MR) is 49.3 cm³/mol. The van der Waals surface area contributed by atoms with Gasteiger partial charge in [-0.2, -0.15) is 18.3 Å². The first-order valence-corrected chi connectivity index (χ1v) is 4.55. The number of aryl methyl sites for hydroxylation is 1. The summed E-state index contributed by atoms with van der Waals surface area (Å²) in [5.41, 5.74) is -2.11. The molecule has 0 fully saturated rings. The smallest absolute Gasteiger partial charge is 0.433 e. The van der Waals surface area contributed by atoms with Gasteiger partial charge in [-0.05, 0) is 20.8 Å². The molecule has 0 amide bonds. The minimum atomic E-state index is -4.72. The van der Waals surface area contributed by atoms with Crippen LogP contribution in [0.4, 0.5) is 13.2 Å². The molecule has 0 spiro atoms. The number of aromatic carboxylic acids is 1. The van der Waals surface area contributed by atoms with Crippen LogP contribution < -0.4 is 0 Å². The molecule has 0 saturated carbocycles. The molecule has 1 N–H and O–H groups in total. The number of aromatic nitrogens is 2. The highest BCUT2D eigenvalue weighted by molar-refractivity contribution is 5.90. The summed E-state index contributed by atoms with van der Waals surface area (Å²) < 4.78 is 38.8. The van der Waals surface area contributed by atoms with E-state index in [4.69, 9.17) is 5.11 Å². The van der Waals surface area contributed by atoms with E-state index in [1.807, 2.05) is 0 Å². The predicted octanol–water partition coefficient (Wildman–Crippen LogP) is 2.49. The van der Waals surface area contributed by atoms with Crippen LogP contribution in [0.2, 0.25) is 0 Å². The molecule has 0 aliphatic heterocycles. The first-order valence-electron chi connectivity index (χ1n) is 4.55. The molecule has 1 heterocycles. The van der Waals surface area contributed by atoms with Gasteiger partial charge in [0.2, 0.25) is 0 Å². The molecule has 0 bridgehead atoms. The molecule has 16 heavy (non-hydrogen) atoms. The van der Waals surface area contributed by atoms with Crippen LogP contribution in [-0.4, -0.2) is 20.9 Å². The van der Waals surface area contributed by atoms with E-state index in [-0.39, 0.29) is 5.69 Å². The number of hydrogen-bond acceptors (Lipinski definition) is 2. The van der Waals surface area contributed by atoms with Crippen LogP contribution in [-0.2, 0) is 6.18 Å². The fraction of sp³-hybridized carbons (Fsp3) is 0.556. The van der Waals surface area contributed by atoms with Crippen LogP contribution in [0.3, 0.4) is 0 Å². The summed E-state index contributed by atoms with van der Waals surface area (Å²) in [7, 11) is 0. The summed E-state index contributed by atoms with van der Waals surface area (Å²) in [4.78, 5) is 10.8. The molecule has 0 aliphatic carbocycles. The maximum Gasteiger partial charge on any atom is 0.433 e. The van der Waals surface area contributed by atoms with Crippen molar-refractivity contribution in [1.82, 2.24) is 9.78 Å². The van der Waals surface area contributed by atoms with Gasteiger partial charge in [0, 0.05) is 6.04 Å². The van der Waals surface area contributed by atoms with Gasteiger partial charge in [0.25, 0.3) is 0 Å². The van der Waals surface area contributed by atoms with Gasteiger partial charge in [0.1, 0.15) is 5.56 Å². The monoisotopic (exact) mass is 236 g/mol. The Morgan fingerprint density at radius 3 is 2.25 bits per heavy atom. The average Bonchev–Trinajstić information content (AvgIpc) is 2.41. The van der Waals surface area contributed by atoms with E-state index in [0.29, 0.717) is 4.68 Å². The number of hydrogen-bond donors (Lipinski definition) is 1. The number of carbonyl (C=O) groups is 1. The lowest BCUT2D eigenvalue weighted by atomic mass is 10.2. The minimum absolute atomic E-state index is 0.131. The fourth-order valence-corrected chi connectivity index (χ4v) is 1.45. The molecule has 0 unspecified atom stereocenters. The van der Waals surface area contributed by atoms with Gasteiger partial charge in [0.15, 0.2) is 5.69 Å². The summed E-state index contributed by atoms with van der Waals surface area (Å²) in [5.74, 6) is -1.61. The Morgan fingerprint density at radius 2 is 1.94 bits per heavy atom. The van der Waals surface area contributed by atoms with Crippen molar-refractivity contribution in [3.05, 3.63) is 17.0 Å². The van der Waals surface area contributed by atoms with E-state index in [0.717, 1.165) is 0 Å². The zero-order chi connectivity index (χ0) is 12.7. The van der Waals surface area contributed by atoms with Gasteiger partial charge in [-0.25, -0.2) is 4.79 Å². The first-order chi connectivity index (χ1) is 7.16. The highest BCUT2D eigenvalue weighted by Gasteiger charge is 2.41. The lowest BCUT2D eigenvalue weighted by Crippen LogP contribution is -2.19. The van der Waals surface area contributed by atoms with Crippen LogP contribution in [0.15, 0.2) is 0 Å². The van der Waals surface area contributed by atoms with Crippen molar-refractivity contribution in [3.63, 3.8) is 0 Å². The van der Waals surface area contributed by atoms with Gasteiger partial charge >= 0.3 is 12.1 Å². The Bertz CT molecular complexity index is 421. The summed E-state index contributed by atoms with van der Waals surface area (Å²) in [6.45, 7) is 4.26. The quantitative estimate of drug-likeness (QED) is 0.858. The largest absolute Gasteiger partial charge is 0.478 e. The maximum absolute atomic E-state index is 12.7. The lowest BCUT2D eigenvalue weighted by Gasteiger charge is -2.13. The molecule has 1 aromatic rings.